The van der Waals surface area contributed by atoms with Crippen LogP contribution in [0.2, 0.25) is 0 Å². The highest BCUT2D eigenvalue weighted by molar-refractivity contribution is 6.00. The van der Waals surface area contributed by atoms with Crippen molar-refractivity contribution in [3.63, 3.8) is 0 Å². The van der Waals surface area contributed by atoms with Gasteiger partial charge in [-0.2, -0.15) is 0 Å². The van der Waals surface area contributed by atoms with E-state index in [0.29, 0.717) is 11.3 Å². The molecule has 9 nitrogen and oxygen atoms in total. The number of esters is 2. The van der Waals surface area contributed by atoms with E-state index in [2.05, 4.69) is 9.47 Å². The van der Waals surface area contributed by atoms with Crippen molar-refractivity contribution in [3.8, 4) is 5.75 Å². The number of benzene rings is 1. The number of hydrogen-bond acceptors (Lipinski definition) is 7. The van der Waals surface area contributed by atoms with Crippen LogP contribution in [0.4, 0.5) is 0 Å². The summed E-state index contributed by atoms with van der Waals surface area (Å²) in [6.45, 7) is 1.14. The highest BCUT2D eigenvalue weighted by Gasteiger charge is 2.38. The van der Waals surface area contributed by atoms with Crippen LogP contribution in [0.1, 0.15) is 18.9 Å². The minimum Gasteiger partial charge on any atom is -0.497 e. The maximum absolute atomic E-state index is 10.9. The third-order valence-corrected chi connectivity index (χ3v) is 3.36. The second-order valence-corrected chi connectivity index (χ2v) is 5.25. The molecule has 0 aliphatic rings. The molecule has 0 amide bonds. The molecular formula is C18H22O9. The normalized spacial score (nSPS) is 10.4. The van der Waals surface area contributed by atoms with Gasteiger partial charge in [0.25, 0.3) is 0 Å². The van der Waals surface area contributed by atoms with Crippen LogP contribution in [-0.4, -0.2) is 55.4 Å². The van der Waals surface area contributed by atoms with Gasteiger partial charge in [-0.15, -0.1) is 0 Å². The molecule has 0 radical (unpaired) electrons. The van der Waals surface area contributed by atoms with E-state index in [1.807, 2.05) is 0 Å². The van der Waals surface area contributed by atoms with Gasteiger partial charge in [-0.1, -0.05) is 24.3 Å². The van der Waals surface area contributed by atoms with Gasteiger partial charge in [0.05, 0.1) is 21.3 Å². The average molecular weight is 382 g/mol. The molecule has 0 spiro atoms. The lowest BCUT2D eigenvalue weighted by Crippen LogP contribution is -2.34. The van der Waals surface area contributed by atoms with Crippen LogP contribution in [-0.2, 0) is 28.7 Å². The predicted molar refractivity (Wildman–Crippen MR) is 94.1 cm³/mol. The van der Waals surface area contributed by atoms with Crippen LogP contribution >= 0.6 is 0 Å². The second kappa shape index (κ2) is 11.3. The van der Waals surface area contributed by atoms with E-state index in [1.165, 1.54) is 27.4 Å². The molecule has 1 aromatic rings. The molecule has 0 fully saturated rings. The van der Waals surface area contributed by atoms with Crippen molar-refractivity contribution in [3.05, 3.63) is 35.9 Å². The number of carbonyl (C=O) groups excluding carboxylic acids is 2. The Hall–Kier alpha value is -3.36. The number of carboxylic acid groups (broad SMARTS) is 2. The summed E-state index contributed by atoms with van der Waals surface area (Å²) in [4.78, 5) is 42.4. The molecule has 0 aliphatic carbocycles. The Balaban J connectivity index is 0.000000636. The monoisotopic (exact) mass is 382 g/mol. The fourth-order valence-corrected chi connectivity index (χ4v) is 1.47. The summed E-state index contributed by atoms with van der Waals surface area (Å²) in [5.74, 6) is -3.30. The van der Waals surface area contributed by atoms with Gasteiger partial charge in [-0.3, -0.25) is 19.2 Å². The largest absolute Gasteiger partial charge is 0.497 e. The zero-order valence-electron chi connectivity index (χ0n) is 15.4. The van der Waals surface area contributed by atoms with Crippen LogP contribution in [0.15, 0.2) is 30.3 Å². The fourth-order valence-electron chi connectivity index (χ4n) is 1.47. The molecule has 1 rings (SSSR count). The first-order valence-corrected chi connectivity index (χ1v) is 7.54. The number of rotatable bonds is 7. The van der Waals surface area contributed by atoms with Gasteiger partial charge in [0, 0.05) is 0 Å². The first-order valence-electron chi connectivity index (χ1n) is 7.54. The van der Waals surface area contributed by atoms with Crippen molar-refractivity contribution in [1.29, 1.82) is 0 Å². The quantitative estimate of drug-likeness (QED) is 0.532. The molecule has 0 bridgehead atoms. The Morgan fingerprint density at radius 3 is 1.70 bits per heavy atom. The Morgan fingerprint density at radius 2 is 1.37 bits per heavy atom. The van der Waals surface area contributed by atoms with Crippen molar-refractivity contribution < 1.29 is 43.6 Å². The molecule has 0 aromatic heterocycles. The van der Waals surface area contributed by atoms with E-state index in [-0.39, 0.29) is 6.42 Å². The molecule has 2 N–H and O–H groups in total. The third-order valence-electron chi connectivity index (χ3n) is 3.36. The van der Waals surface area contributed by atoms with Crippen molar-refractivity contribution >= 4 is 30.0 Å². The molecule has 0 unspecified atom stereocenters. The summed E-state index contributed by atoms with van der Waals surface area (Å²) < 4.78 is 13.3. The second-order valence-electron chi connectivity index (χ2n) is 5.25. The molecule has 9 heteroatoms. The molecule has 0 atom stereocenters. The smallest absolute Gasteiger partial charge is 0.324 e. The molecule has 0 aliphatic heterocycles. The standard InChI is InChI=1S/C13H14O5.C5H8O4/c1-13(11(14)15,12(16)17)8-7-9-3-5-10(18-2)6-4-9;1-8-4(6)3-5(7)9-2/h3-8H,1-2H3,(H,14,15)(H,16,17);3H2,1-2H3. The lowest BCUT2D eigenvalue weighted by molar-refractivity contribution is -0.159. The van der Waals surface area contributed by atoms with Crippen LogP contribution in [0.25, 0.3) is 6.08 Å². The van der Waals surface area contributed by atoms with Gasteiger partial charge in [0.15, 0.2) is 5.41 Å². The van der Waals surface area contributed by atoms with Crippen LogP contribution in [0.5, 0.6) is 5.75 Å². The van der Waals surface area contributed by atoms with Crippen LogP contribution in [0, 0.1) is 5.41 Å². The van der Waals surface area contributed by atoms with Crippen molar-refractivity contribution in [1.82, 2.24) is 0 Å². The first-order chi connectivity index (χ1) is 12.6. The molecule has 1 aromatic carbocycles. The summed E-state index contributed by atoms with van der Waals surface area (Å²) in [6.07, 6.45) is 2.30. The zero-order valence-corrected chi connectivity index (χ0v) is 15.4. The molecule has 0 heterocycles. The number of ether oxygens (including phenoxy) is 3. The zero-order chi connectivity index (χ0) is 21.0. The Bertz CT molecular complexity index is 661. The Labute approximate surface area is 156 Å². The van der Waals surface area contributed by atoms with Gasteiger partial charge in [-0.25, -0.2) is 0 Å². The summed E-state index contributed by atoms with van der Waals surface area (Å²) in [7, 11) is 3.97. The number of carbonyl (C=O) groups is 4. The topological polar surface area (TPSA) is 136 Å². The highest BCUT2D eigenvalue weighted by Crippen LogP contribution is 2.21. The van der Waals surface area contributed by atoms with Gasteiger partial charge < -0.3 is 24.4 Å². The van der Waals surface area contributed by atoms with Gasteiger partial charge >= 0.3 is 23.9 Å². The maximum atomic E-state index is 10.9. The number of hydrogen-bond donors (Lipinski definition) is 2. The van der Waals surface area contributed by atoms with Gasteiger partial charge in [0.2, 0.25) is 0 Å². The predicted octanol–water partition coefficient (Wildman–Crippen LogP) is 1.61. The van der Waals surface area contributed by atoms with Crippen LogP contribution in [0.3, 0.4) is 0 Å². The molecule has 148 valence electrons. The Morgan fingerprint density at radius 1 is 0.926 bits per heavy atom. The highest BCUT2D eigenvalue weighted by atomic mass is 16.5. The molecular weight excluding hydrogens is 360 g/mol. The van der Waals surface area contributed by atoms with E-state index in [4.69, 9.17) is 14.9 Å². The van der Waals surface area contributed by atoms with Gasteiger partial charge in [-0.05, 0) is 24.6 Å². The fraction of sp³-hybridized carbons (Fsp3) is 0.333. The average Bonchev–Trinajstić information content (AvgIpc) is 2.66. The minimum absolute atomic E-state index is 0.312. The van der Waals surface area contributed by atoms with Crippen molar-refractivity contribution in [2.24, 2.45) is 5.41 Å². The lowest BCUT2D eigenvalue weighted by Gasteiger charge is -2.14. The molecule has 27 heavy (non-hydrogen) atoms. The third kappa shape index (κ3) is 8.04. The van der Waals surface area contributed by atoms with E-state index < -0.39 is 29.3 Å². The maximum Gasteiger partial charge on any atom is 0.324 e. The number of carboxylic acids is 2. The summed E-state index contributed by atoms with van der Waals surface area (Å²) in [6, 6.07) is 6.83. The summed E-state index contributed by atoms with van der Waals surface area (Å²) in [5.41, 5.74) is -1.23. The van der Waals surface area contributed by atoms with E-state index in [9.17, 15) is 19.2 Å². The first kappa shape index (κ1) is 23.6. The number of aliphatic carboxylic acids is 2. The van der Waals surface area contributed by atoms with E-state index in [0.717, 1.165) is 13.0 Å². The van der Waals surface area contributed by atoms with Crippen molar-refractivity contribution in [2.45, 2.75) is 13.3 Å². The Kier molecular flexibility index (Phi) is 9.89. The lowest BCUT2D eigenvalue weighted by atomic mass is 9.90. The summed E-state index contributed by atoms with van der Waals surface area (Å²) in [5, 5.41) is 17.8. The number of methoxy groups -OCH3 is 3. The van der Waals surface area contributed by atoms with E-state index >= 15 is 0 Å². The van der Waals surface area contributed by atoms with E-state index in [1.54, 1.807) is 24.3 Å². The van der Waals surface area contributed by atoms with Crippen molar-refractivity contribution in [2.75, 3.05) is 21.3 Å². The molecule has 0 saturated heterocycles. The van der Waals surface area contributed by atoms with Gasteiger partial charge in [0.1, 0.15) is 12.2 Å². The SMILES string of the molecule is COC(=O)CC(=O)OC.COc1ccc(C=CC(C)(C(=O)O)C(=O)O)cc1. The molecule has 0 saturated carbocycles. The summed E-state index contributed by atoms with van der Waals surface area (Å²) >= 11 is 0. The van der Waals surface area contributed by atoms with Crippen LogP contribution < -0.4 is 4.74 Å². The minimum atomic E-state index is -1.93.